The third kappa shape index (κ3) is 7.20. The maximum atomic E-state index is 12.0. The van der Waals surface area contributed by atoms with Gasteiger partial charge in [0, 0.05) is 17.1 Å². The standard InChI is InChI=1S/C18H18Br2N2O5/c1-25-8-9-26-14-5-2-12(3-6-14)18(24)22-21-17(23)11-27-16-7-4-13(19)10-15(16)20/h2-7,10H,8-9,11H2,1H3,(H,21,23)(H,22,24). The summed E-state index contributed by atoms with van der Waals surface area (Å²) >= 11 is 6.68. The van der Waals surface area contributed by atoms with Gasteiger partial charge >= 0.3 is 0 Å². The molecule has 0 spiro atoms. The van der Waals surface area contributed by atoms with Crippen LogP contribution >= 0.6 is 31.9 Å². The van der Waals surface area contributed by atoms with E-state index in [1.54, 1.807) is 49.6 Å². The Hall–Kier alpha value is -2.10. The number of carbonyl (C=O) groups excluding carboxylic acids is 2. The first kappa shape index (κ1) is 21.2. The molecule has 0 atom stereocenters. The second kappa shape index (κ2) is 10.9. The van der Waals surface area contributed by atoms with E-state index in [1.807, 2.05) is 0 Å². The van der Waals surface area contributed by atoms with Gasteiger partial charge in [0.05, 0.1) is 11.1 Å². The number of rotatable bonds is 8. The second-order valence-electron chi connectivity index (χ2n) is 5.23. The highest BCUT2D eigenvalue weighted by Gasteiger charge is 2.09. The molecular weight excluding hydrogens is 484 g/mol. The Bertz CT molecular complexity index is 784. The summed E-state index contributed by atoms with van der Waals surface area (Å²) in [5.74, 6) is 0.208. The number of ether oxygens (including phenoxy) is 3. The minimum atomic E-state index is -0.488. The molecule has 0 bridgehead atoms. The normalized spacial score (nSPS) is 10.2. The van der Waals surface area contributed by atoms with Gasteiger partial charge in [-0.25, -0.2) is 0 Å². The van der Waals surface area contributed by atoms with E-state index in [-0.39, 0.29) is 6.61 Å². The van der Waals surface area contributed by atoms with Crippen molar-refractivity contribution in [2.24, 2.45) is 0 Å². The van der Waals surface area contributed by atoms with Gasteiger partial charge in [-0.15, -0.1) is 0 Å². The van der Waals surface area contributed by atoms with E-state index in [9.17, 15) is 9.59 Å². The van der Waals surface area contributed by atoms with Crippen LogP contribution in [-0.2, 0) is 9.53 Å². The molecule has 0 heterocycles. The zero-order chi connectivity index (χ0) is 19.6. The summed E-state index contributed by atoms with van der Waals surface area (Å²) in [7, 11) is 1.59. The first-order valence-electron chi connectivity index (χ1n) is 7.88. The van der Waals surface area contributed by atoms with Crippen LogP contribution in [0.15, 0.2) is 51.4 Å². The Morgan fingerprint density at radius 3 is 2.37 bits per heavy atom. The van der Waals surface area contributed by atoms with Crippen LogP contribution in [0, 0.1) is 0 Å². The van der Waals surface area contributed by atoms with Gasteiger partial charge in [0.1, 0.15) is 18.1 Å². The van der Waals surface area contributed by atoms with Gasteiger partial charge in [-0.05, 0) is 58.4 Å². The molecule has 144 valence electrons. The van der Waals surface area contributed by atoms with Crippen molar-refractivity contribution in [3.05, 3.63) is 57.0 Å². The maximum Gasteiger partial charge on any atom is 0.276 e. The third-order valence-electron chi connectivity index (χ3n) is 3.24. The lowest BCUT2D eigenvalue weighted by Crippen LogP contribution is -2.43. The number of hydrogen-bond donors (Lipinski definition) is 2. The third-order valence-corrected chi connectivity index (χ3v) is 4.35. The molecule has 0 saturated carbocycles. The van der Waals surface area contributed by atoms with Crippen LogP contribution < -0.4 is 20.3 Å². The fourth-order valence-corrected chi connectivity index (χ4v) is 3.08. The summed E-state index contributed by atoms with van der Waals surface area (Å²) in [5.41, 5.74) is 5.02. The number of carbonyl (C=O) groups is 2. The van der Waals surface area contributed by atoms with Crippen molar-refractivity contribution in [2.45, 2.75) is 0 Å². The van der Waals surface area contributed by atoms with E-state index in [0.717, 1.165) is 4.47 Å². The molecule has 27 heavy (non-hydrogen) atoms. The summed E-state index contributed by atoms with van der Waals surface area (Å²) < 4.78 is 17.3. The molecule has 2 N–H and O–H groups in total. The number of nitrogens with one attached hydrogen (secondary N) is 2. The first-order chi connectivity index (χ1) is 13.0. The molecule has 0 unspecified atom stereocenters. The summed E-state index contributed by atoms with van der Waals surface area (Å²) in [6.45, 7) is 0.659. The topological polar surface area (TPSA) is 85.9 Å². The number of halogens is 2. The summed E-state index contributed by atoms with van der Waals surface area (Å²) in [5, 5.41) is 0. The molecule has 0 radical (unpaired) electrons. The molecule has 2 aromatic rings. The van der Waals surface area contributed by atoms with Crippen molar-refractivity contribution in [2.75, 3.05) is 26.9 Å². The maximum absolute atomic E-state index is 12.0. The lowest BCUT2D eigenvalue weighted by molar-refractivity contribution is -0.123. The molecule has 0 aliphatic heterocycles. The molecule has 2 aromatic carbocycles. The molecule has 9 heteroatoms. The van der Waals surface area contributed by atoms with Gasteiger partial charge in [-0.1, -0.05) is 15.9 Å². The van der Waals surface area contributed by atoms with E-state index >= 15 is 0 Å². The summed E-state index contributed by atoms with van der Waals surface area (Å²) in [6, 6.07) is 11.8. The number of benzene rings is 2. The van der Waals surface area contributed by atoms with Gasteiger partial charge in [-0.3, -0.25) is 20.4 Å². The van der Waals surface area contributed by atoms with Crippen LogP contribution in [0.1, 0.15) is 10.4 Å². The van der Waals surface area contributed by atoms with E-state index in [0.29, 0.717) is 34.7 Å². The molecule has 0 aliphatic carbocycles. The zero-order valence-electron chi connectivity index (χ0n) is 14.5. The average molecular weight is 502 g/mol. The largest absolute Gasteiger partial charge is 0.491 e. The highest BCUT2D eigenvalue weighted by molar-refractivity contribution is 9.11. The molecule has 2 rings (SSSR count). The summed E-state index contributed by atoms with van der Waals surface area (Å²) in [6.07, 6.45) is 0. The van der Waals surface area contributed by atoms with Gasteiger partial charge in [0.25, 0.3) is 11.8 Å². The number of hydrazine groups is 1. The van der Waals surface area contributed by atoms with Crippen LogP contribution in [0.3, 0.4) is 0 Å². The molecule has 7 nitrogen and oxygen atoms in total. The molecule has 0 aromatic heterocycles. The van der Waals surface area contributed by atoms with Gasteiger partial charge < -0.3 is 14.2 Å². The molecule has 0 saturated heterocycles. The van der Waals surface area contributed by atoms with Crippen LogP contribution in [-0.4, -0.2) is 38.7 Å². The fourth-order valence-electron chi connectivity index (χ4n) is 1.92. The van der Waals surface area contributed by atoms with Crippen molar-refractivity contribution in [3.8, 4) is 11.5 Å². The van der Waals surface area contributed by atoms with Crippen LogP contribution in [0.2, 0.25) is 0 Å². The number of amides is 2. The van der Waals surface area contributed by atoms with Crippen molar-refractivity contribution in [3.63, 3.8) is 0 Å². The van der Waals surface area contributed by atoms with E-state index < -0.39 is 11.8 Å². The zero-order valence-corrected chi connectivity index (χ0v) is 17.6. The Kier molecular flexibility index (Phi) is 8.56. The molecular formula is C18H18Br2N2O5. The van der Waals surface area contributed by atoms with Crippen LogP contribution in [0.5, 0.6) is 11.5 Å². The SMILES string of the molecule is COCCOc1ccc(C(=O)NNC(=O)COc2ccc(Br)cc2Br)cc1. The smallest absolute Gasteiger partial charge is 0.276 e. The van der Waals surface area contributed by atoms with Crippen LogP contribution in [0.25, 0.3) is 0 Å². The Balaban J connectivity index is 1.76. The average Bonchev–Trinajstić information content (AvgIpc) is 2.66. The second-order valence-corrected chi connectivity index (χ2v) is 7.00. The summed E-state index contributed by atoms with van der Waals surface area (Å²) in [4.78, 5) is 23.9. The number of hydrogen-bond acceptors (Lipinski definition) is 5. The predicted octanol–water partition coefficient (Wildman–Crippen LogP) is 3.08. The Morgan fingerprint density at radius 2 is 1.70 bits per heavy atom. The van der Waals surface area contributed by atoms with Crippen molar-refractivity contribution in [1.29, 1.82) is 0 Å². The Labute approximate surface area is 173 Å². The van der Waals surface area contributed by atoms with Crippen molar-refractivity contribution < 1.29 is 23.8 Å². The van der Waals surface area contributed by atoms with Crippen LogP contribution in [0.4, 0.5) is 0 Å². The fraction of sp³-hybridized carbons (Fsp3) is 0.222. The first-order valence-corrected chi connectivity index (χ1v) is 9.47. The van der Waals surface area contributed by atoms with Gasteiger partial charge in [0.15, 0.2) is 6.61 Å². The van der Waals surface area contributed by atoms with Crippen molar-refractivity contribution in [1.82, 2.24) is 10.9 Å². The predicted molar refractivity (Wildman–Crippen MR) is 107 cm³/mol. The number of methoxy groups -OCH3 is 1. The highest BCUT2D eigenvalue weighted by atomic mass is 79.9. The van der Waals surface area contributed by atoms with Gasteiger partial charge in [0.2, 0.25) is 0 Å². The minimum Gasteiger partial charge on any atom is -0.491 e. The Morgan fingerprint density at radius 1 is 0.963 bits per heavy atom. The molecule has 0 aliphatic rings. The molecule has 0 fully saturated rings. The lowest BCUT2D eigenvalue weighted by atomic mass is 10.2. The van der Waals surface area contributed by atoms with E-state index in [2.05, 4.69) is 42.7 Å². The monoisotopic (exact) mass is 500 g/mol. The lowest BCUT2D eigenvalue weighted by Gasteiger charge is -2.10. The van der Waals surface area contributed by atoms with E-state index in [1.165, 1.54) is 0 Å². The quantitative estimate of drug-likeness (QED) is 0.429. The van der Waals surface area contributed by atoms with Crippen molar-refractivity contribution >= 4 is 43.7 Å². The molecule has 2 amide bonds. The highest BCUT2D eigenvalue weighted by Crippen LogP contribution is 2.28. The minimum absolute atomic E-state index is 0.243. The van der Waals surface area contributed by atoms with Gasteiger partial charge in [-0.2, -0.15) is 0 Å². The van der Waals surface area contributed by atoms with E-state index in [4.69, 9.17) is 14.2 Å².